The van der Waals surface area contributed by atoms with Crippen molar-refractivity contribution in [2.45, 2.75) is 44.7 Å². The minimum atomic E-state index is 0.313. The van der Waals surface area contributed by atoms with Crippen LogP contribution in [0.1, 0.15) is 32.4 Å². The third kappa shape index (κ3) is 2.31. The monoisotopic (exact) mass is 279 g/mol. The Labute approximate surface area is 125 Å². The first-order valence-electron chi connectivity index (χ1n) is 7.81. The fraction of sp³-hybridized carbons (Fsp3) is 0.444. The highest BCUT2D eigenvalue weighted by Gasteiger charge is 2.56. The smallest absolute Gasteiger partial charge is 0.0939 e. The number of nitrogens with one attached hydrogen (secondary N) is 1. The summed E-state index contributed by atoms with van der Waals surface area (Å²) in [4.78, 5) is 9.58. The predicted octanol–water partition coefficient (Wildman–Crippen LogP) is 3.34. The lowest BCUT2D eigenvalue weighted by Crippen LogP contribution is -2.41. The first kappa shape index (κ1) is 12.8. The van der Waals surface area contributed by atoms with Gasteiger partial charge in [0.15, 0.2) is 0 Å². The molecule has 1 aromatic carbocycles. The largest absolute Gasteiger partial charge is 0.369 e. The van der Waals surface area contributed by atoms with Gasteiger partial charge in [-0.3, -0.25) is 9.98 Å². The van der Waals surface area contributed by atoms with Gasteiger partial charge in [0, 0.05) is 22.5 Å². The molecule has 0 saturated heterocycles. The minimum absolute atomic E-state index is 0.313. The van der Waals surface area contributed by atoms with E-state index in [2.05, 4.69) is 55.6 Å². The van der Waals surface area contributed by atoms with Crippen LogP contribution in [-0.4, -0.2) is 22.4 Å². The number of hydrogen-bond acceptors (Lipinski definition) is 3. The number of hydrogen-bond donors (Lipinski definition) is 1. The number of para-hydroxylation sites is 1. The molecule has 0 radical (unpaired) electrons. The fourth-order valence-corrected chi connectivity index (χ4v) is 3.70. The summed E-state index contributed by atoms with van der Waals surface area (Å²) in [5, 5.41) is 4.73. The third-order valence-electron chi connectivity index (χ3n) is 4.94. The van der Waals surface area contributed by atoms with Crippen LogP contribution in [0.5, 0.6) is 0 Å². The molecule has 2 aliphatic rings. The zero-order chi connectivity index (χ0) is 14.4. The third-order valence-corrected chi connectivity index (χ3v) is 4.94. The van der Waals surface area contributed by atoms with Crippen molar-refractivity contribution in [1.82, 2.24) is 10.3 Å². The standard InChI is InChI=1S/C18H21N3/c1-12-19-17(15-11-18(15,2)21-12)10-9-14-8-7-13-5-3-4-6-16(13)20-14/h3-8,15,17H,9-11H2,1-2H3,(H,19,21). The van der Waals surface area contributed by atoms with Crippen LogP contribution in [0.2, 0.25) is 0 Å². The van der Waals surface area contributed by atoms with Crippen molar-refractivity contribution in [1.29, 1.82) is 0 Å². The number of rotatable bonds is 3. The predicted molar refractivity (Wildman–Crippen MR) is 86.6 cm³/mol. The second-order valence-electron chi connectivity index (χ2n) is 6.67. The maximum Gasteiger partial charge on any atom is 0.0939 e. The second-order valence-corrected chi connectivity index (χ2v) is 6.67. The number of pyridine rings is 1. The van der Waals surface area contributed by atoms with Gasteiger partial charge in [0.2, 0.25) is 0 Å². The number of fused-ring (bicyclic) bond motifs is 2. The van der Waals surface area contributed by atoms with Crippen LogP contribution >= 0.6 is 0 Å². The molecule has 3 nitrogen and oxygen atoms in total. The minimum Gasteiger partial charge on any atom is -0.369 e. The van der Waals surface area contributed by atoms with Crippen LogP contribution in [-0.2, 0) is 6.42 Å². The number of benzene rings is 1. The zero-order valence-electron chi connectivity index (χ0n) is 12.6. The summed E-state index contributed by atoms with van der Waals surface area (Å²) in [6.45, 7) is 4.40. The van der Waals surface area contributed by atoms with Crippen molar-refractivity contribution in [2.24, 2.45) is 10.9 Å². The molecule has 21 heavy (non-hydrogen) atoms. The molecule has 1 fully saturated rings. The average Bonchev–Trinajstić information content (AvgIpc) is 3.15. The van der Waals surface area contributed by atoms with E-state index in [9.17, 15) is 0 Å². The topological polar surface area (TPSA) is 37.3 Å². The number of nitrogens with zero attached hydrogens (tertiary/aromatic N) is 2. The molecule has 0 spiro atoms. The number of aliphatic imine (C=N–C) groups is 1. The van der Waals surface area contributed by atoms with E-state index in [-0.39, 0.29) is 0 Å². The normalized spacial score (nSPS) is 30.5. The van der Waals surface area contributed by atoms with E-state index in [0.717, 1.165) is 24.2 Å². The molecule has 1 aliphatic heterocycles. The molecule has 3 heteroatoms. The molecular formula is C18H21N3. The van der Waals surface area contributed by atoms with Crippen LogP contribution in [0, 0.1) is 5.92 Å². The first-order chi connectivity index (χ1) is 10.1. The Kier molecular flexibility index (Phi) is 2.78. The molecule has 2 aromatic rings. The van der Waals surface area contributed by atoms with Crippen LogP contribution in [0.3, 0.4) is 0 Å². The molecule has 3 unspecified atom stereocenters. The van der Waals surface area contributed by atoms with Gasteiger partial charge >= 0.3 is 0 Å². The molecule has 2 heterocycles. The Morgan fingerprint density at radius 1 is 1.24 bits per heavy atom. The zero-order valence-corrected chi connectivity index (χ0v) is 12.6. The van der Waals surface area contributed by atoms with Gasteiger partial charge in [-0.1, -0.05) is 24.3 Å². The Balaban J connectivity index is 1.50. The van der Waals surface area contributed by atoms with E-state index < -0.39 is 0 Å². The lowest BCUT2D eigenvalue weighted by molar-refractivity contribution is 0.451. The molecule has 3 atom stereocenters. The fourth-order valence-electron chi connectivity index (χ4n) is 3.70. The van der Waals surface area contributed by atoms with Crippen molar-refractivity contribution >= 4 is 16.7 Å². The van der Waals surface area contributed by atoms with Crippen molar-refractivity contribution in [2.75, 3.05) is 0 Å². The van der Waals surface area contributed by atoms with Gasteiger partial charge in [-0.25, -0.2) is 0 Å². The van der Waals surface area contributed by atoms with Gasteiger partial charge in [-0.2, -0.15) is 0 Å². The van der Waals surface area contributed by atoms with E-state index in [1.54, 1.807) is 0 Å². The number of amidine groups is 1. The second kappa shape index (κ2) is 4.55. The summed E-state index contributed by atoms with van der Waals surface area (Å²) < 4.78 is 0. The van der Waals surface area contributed by atoms with Gasteiger partial charge in [0.1, 0.15) is 0 Å². The van der Waals surface area contributed by atoms with E-state index >= 15 is 0 Å². The quantitative estimate of drug-likeness (QED) is 0.935. The Morgan fingerprint density at radius 2 is 2.10 bits per heavy atom. The van der Waals surface area contributed by atoms with Crippen LogP contribution in [0.4, 0.5) is 0 Å². The molecule has 0 bridgehead atoms. The first-order valence-corrected chi connectivity index (χ1v) is 7.81. The molecule has 1 saturated carbocycles. The van der Waals surface area contributed by atoms with Crippen molar-refractivity contribution in [3.05, 3.63) is 42.1 Å². The van der Waals surface area contributed by atoms with Crippen LogP contribution in [0.15, 0.2) is 41.4 Å². The van der Waals surface area contributed by atoms with Crippen LogP contribution in [0.25, 0.3) is 10.9 Å². The van der Waals surface area contributed by atoms with E-state index in [1.165, 1.54) is 17.5 Å². The van der Waals surface area contributed by atoms with Crippen LogP contribution < -0.4 is 5.32 Å². The average molecular weight is 279 g/mol. The summed E-state index contributed by atoms with van der Waals surface area (Å²) in [6, 6.07) is 13.1. The molecule has 4 rings (SSSR count). The lowest BCUT2D eigenvalue weighted by Gasteiger charge is -2.25. The summed E-state index contributed by atoms with van der Waals surface area (Å²) in [5.74, 6) is 1.81. The maximum atomic E-state index is 4.81. The lowest BCUT2D eigenvalue weighted by atomic mass is 10.0. The molecule has 108 valence electrons. The summed E-state index contributed by atoms with van der Waals surface area (Å²) in [5.41, 5.74) is 2.59. The SMILES string of the molecule is CC1=NC(CCc2ccc3ccccc3n2)C2CC2(C)N1. The Morgan fingerprint density at radius 3 is 3.00 bits per heavy atom. The molecule has 1 aliphatic carbocycles. The highest BCUT2D eigenvalue weighted by molar-refractivity contribution is 5.82. The maximum absolute atomic E-state index is 4.81. The van der Waals surface area contributed by atoms with Crippen molar-refractivity contribution in [3.63, 3.8) is 0 Å². The highest BCUT2D eigenvalue weighted by atomic mass is 15.2. The Hall–Kier alpha value is -1.90. The summed E-state index contributed by atoms with van der Waals surface area (Å²) in [7, 11) is 0. The van der Waals surface area contributed by atoms with Gasteiger partial charge in [0.25, 0.3) is 0 Å². The van der Waals surface area contributed by atoms with Gasteiger partial charge in [0.05, 0.1) is 17.4 Å². The summed E-state index contributed by atoms with van der Waals surface area (Å²) in [6.07, 6.45) is 3.37. The van der Waals surface area contributed by atoms with Crippen molar-refractivity contribution < 1.29 is 0 Å². The van der Waals surface area contributed by atoms with Gasteiger partial charge < -0.3 is 5.32 Å². The van der Waals surface area contributed by atoms with E-state index in [4.69, 9.17) is 9.98 Å². The molecule has 1 aromatic heterocycles. The molecule has 0 amide bonds. The summed E-state index contributed by atoms with van der Waals surface area (Å²) >= 11 is 0. The van der Waals surface area contributed by atoms with Gasteiger partial charge in [-0.05, 0) is 45.2 Å². The molecular weight excluding hydrogens is 258 g/mol. The van der Waals surface area contributed by atoms with Crippen molar-refractivity contribution in [3.8, 4) is 0 Å². The highest BCUT2D eigenvalue weighted by Crippen LogP contribution is 2.49. The van der Waals surface area contributed by atoms with Gasteiger partial charge in [-0.15, -0.1) is 0 Å². The molecule has 1 N–H and O–H groups in total. The number of aromatic nitrogens is 1. The number of aryl methyl sites for hydroxylation is 1. The van der Waals surface area contributed by atoms with E-state index in [1.807, 2.05) is 0 Å². The van der Waals surface area contributed by atoms with E-state index in [0.29, 0.717) is 17.5 Å². The Bertz CT molecular complexity index is 721.